The Hall–Kier alpha value is -3.60. The summed E-state index contributed by atoms with van der Waals surface area (Å²) in [7, 11) is 0. The highest BCUT2D eigenvalue weighted by atomic mass is 16.5. The number of hydrogen-bond donors (Lipinski definition) is 1. The number of ether oxygens (including phenoxy) is 1. The van der Waals surface area contributed by atoms with Crippen molar-refractivity contribution in [3.63, 3.8) is 0 Å². The predicted octanol–water partition coefficient (Wildman–Crippen LogP) is 5.93. The largest absolute Gasteiger partial charge is 0.479 e. The van der Waals surface area contributed by atoms with Crippen LogP contribution in [0.1, 0.15) is 55.2 Å². The second-order valence-corrected chi connectivity index (χ2v) is 9.54. The van der Waals surface area contributed by atoms with Crippen molar-refractivity contribution in [1.29, 1.82) is 0 Å². The molecule has 0 aromatic heterocycles. The van der Waals surface area contributed by atoms with Crippen LogP contribution >= 0.6 is 0 Å². The third-order valence-corrected chi connectivity index (χ3v) is 7.04. The van der Waals surface area contributed by atoms with Crippen molar-refractivity contribution >= 4 is 11.9 Å². The van der Waals surface area contributed by atoms with Crippen LogP contribution in [-0.2, 0) is 16.0 Å². The van der Waals surface area contributed by atoms with Crippen LogP contribution in [-0.4, -0.2) is 41.1 Å². The number of carboxylic acids is 1. The van der Waals surface area contributed by atoms with Gasteiger partial charge in [-0.1, -0.05) is 79.7 Å². The first-order valence-electron chi connectivity index (χ1n) is 12.9. The van der Waals surface area contributed by atoms with Gasteiger partial charge in [0.15, 0.2) is 6.10 Å². The molecule has 1 heterocycles. The Bertz CT molecular complexity index is 1090. The maximum Gasteiger partial charge on any atom is 0.344 e. The van der Waals surface area contributed by atoms with E-state index in [-0.39, 0.29) is 11.8 Å². The second kappa shape index (κ2) is 12.4. The van der Waals surface area contributed by atoms with E-state index in [0.29, 0.717) is 31.1 Å². The van der Waals surface area contributed by atoms with Gasteiger partial charge in [0.25, 0.3) is 0 Å². The number of hydrogen-bond acceptors (Lipinski definition) is 3. The highest BCUT2D eigenvalue weighted by Crippen LogP contribution is 2.37. The molecule has 2 atom stereocenters. The summed E-state index contributed by atoms with van der Waals surface area (Å²) in [6.45, 7) is 3.27. The van der Waals surface area contributed by atoms with Gasteiger partial charge >= 0.3 is 5.97 Å². The van der Waals surface area contributed by atoms with Crippen molar-refractivity contribution in [3.05, 3.63) is 102 Å². The molecule has 3 aromatic carbocycles. The molecule has 0 spiro atoms. The monoisotopic (exact) mass is 485 g/mol. The average molecular weight is 486 g/mol. The Labute approximate surface area is 213 Å². The molecule has 2 unspecified atom stereocenters. The zero-order valence-corrected chi connectivity index (χ0v) is 20.9. The zero-order chi connectivity index (χ0) is 25.3. The van der Waals surface area contributed by atoms with Crippen LogP contribution in [0.4, 0.5) is 0 Å². The Morgan fingerprint density at radius 1 is 1.00 bits per heavy atom. The molecule has 36 heavy (non-hydrogen) atoms. The molecule has 1 saturated heterocycles. The second-order valence-electron chi connectivity index (χ2n) is 9.54. The van der Waals surface area contributed by atoms with E-state index in [1.165, 1.54) is 11.1 Å². The van der Waals surface area contributed by atoms with Crippen molar-refractivity contribution < 1.29 is 19.4 Å². The summed E-state index contributed by atoms with van der Waals surface area (Å²) < 4.78 is 5.64. The fourth-order valence-corrected chi connectivity index (χ4v) is 5.21. The molecule has 1 amide bonds. The number of carbonyl (C=O) groups excluding carboxylic acids is 1. The van der Waals surface area contributed by atoms with Gasteiger partial charge in [-0.05, 0) is 60.4 Å². The lowest BCUT2D eigenvalue weighted by atomic mass is 9.77. The average Bonchev–Trinajstić information content (AvgIpc) is 2.90. The summed E-state index contributed by atoms with van der Waals surface area (Å²) in [6.07, 6.45) is 2.69. The van der Waals surface area contributed by atoms with Crippen molar-refractivity contribution in [3.8, 4) is 5.75 Å². The summed E-state index contributed by atoms with van der Waals surface area (Å²) >= 11 is 0. The van der Waals surface area contributed by atoms with Crippen molar-refractivity contribution in [2.45, 2.75) is 51.0 Å². The first-order chi connectivity index (χ1) is 17.5. The van der Waals surface area contributed by atoms with Crippen LogP contribution in [0, 0.1) is 5.92 Å². The maximum absolute atomic E-state index is 12.8. The molecule has 0 bridgehead atoms. The number of rotatable bonds is 11. The lowest BCUT2D eigenvalue weighted by molar-refractivity contribution is -0.145. The summed E-state index contributed by atoms with van der Waals surface area (Å²) in [4.78, 5) is 26.1. The van der Waals surface area contributed by atoms with Crippen LogP contribution in [0.5, 0.6) is 5.75 Å². The van der Waals surface area contributed by atoms with Gasteiger partial charge in [-0.2, -0.15) is 0 Å². The van der Waals surface area contributed by atoms with Gasteiger partial charge in [-0.3, -0.25) is 4.79 Å². The van der Waals surface area contributed by atoms with E-state index in [0.717, 1.165) is 31.4 Å². The van der Waals surface area contributed by atoms with Gasteiger partial charge in [0.05, 0.1) is 0 Å². The quantitative estimate of drug-likeness (QED) is 0.365. The molecule has 1 N–H and O–H groups in total. The Kier molecular flexibility index (Phi) is 8.77. The predicted molar refractivity (Wildman–Crippen MR) is 141 cm³/mol. The summed E-state index contributed by atoms with van der Waals surface area (Å²) in [5.41, 5.74) is 3.68. The number of amides is 1. The van der Waals surface area contributed by atoms with Gasteiger partial charge in [0.1, 0.15) is 5.75 Å². The van der Waals surface area contributed by atoms with Gasteiger partial charge in [-0.25, -0.2) is 4.79 Å². The highest BCUT2D eigenvalue weighted by molar-refractivity contribution is 5.77. The number of carbonyl (C=O) groups is 2. The molecule has 0 aliphatic carbocycles. The van der Waals surface area contributed by atoms with Gasteiger partial charge in [0.2, 0.25) is 5.91 Å². The lowest BCUT2D eigenvalue weighted by Crippen LogP contribution is -2.42. The van der Waals surface area contributed by atoms with E-state index in [9.17, 15) is 14.7 Å². The molecule has 1 aliphatic rings. The van der Waals surface area contributed by atoms with Crippen LogP contribution in [0.25, 0.3) is 0 Å². The van der Waals surface area contributed by atoms with Gasteiger partial charge in [-0.15, -0.1) is 0 Å². The number of benzene rings is 3. The molecule has 5 heteroatoms. The number of piperidine rings is 1. The van der Waals surface area contributed by atoms with E-state index < -0.39 is 12.1 Å². The summed E-state index contributed by atoms with van der Waals surface area (Å²) in [6, 6.07) is 28.9. The van der Waals surface area contributed by atoms with Crippen LogP contribution < -0.4 is 4.74 Å². The summed E-state index contributed by atoms with van der Waals surface area (Å²) in [5, 5.41) is 9.26. The molecule has 188 valence electrons. The van der Waals surface area contributed by atoms with E-state index in [1.807, 2.05) is 35.2 Å². The Morgan fingerprint density at radius 2 is 1.67 bits per heavy atom. The number of nitrogens with zero attached hydrogens (tertiary/aromatic N) is 1. The molecule has 1 aliphatic heterocycles. The molecule has 0 saturated carbocycles. The molecular weight excluding hydrogens is 450 g/mol. The minimum Gasteiger partial charge on any atom is -0.479 e. The SMILES string of the molecule is CCC(Oc1cccc(CCCN2CC(C(c3ccccc3)c3ccccc3)CCC2=O)c1)C(=O)O. The molecule has 5 nitrogen and oxygen atoms in total. The van der Waals surface area contributed by atoms with Crippen LogP contribution in [0.2, 0.25) is 0 Å². The third kappa shape index (κ3) is 6.54. The fraction of sp³-hybridized carbons (Fsp3) is 0.355. The first kappa shape index (κ1) is 25.5. The van der Waals surface area contributed by atoms with E-state index in [1.54, 1.807) is 13.0 Å². The van der Waals surface area contributed by atoms with E-state index in [2.05, 4.69) is 48.5 Å². The van der Waals surface area contributed by atoms with E-state index >= 15 is 0 Å². The highest BCUT2D eigenvalue weighted by Gasteiger charge is 2.32. The Morgan fingerprint density at radius 3 is 2.28 bits per heavy atom. The molecule has 4 rings (SSSR count). The van der Waals surface area contributed by atoms with Gasteiger partial charge in [0, 0.05) is 25.4 Å². The van der Waals surface area contributed by atoms with Crippen molar-refractivity contribution in [2.24, 2.45) is 5.92 Å². The number of likely N-dealkylation sites (tertiary alicyclic amines) is 1. The topological polar surface area (TPSA) is 66.8 Å². The fourth-order valence-electron chi connectivity index (χ4n) is 5.21. The molecular formula is C31H35NO4. The van der Waals surface area contributed by atoms with Crippen molar-refractivity contribution in [1.82, 2.24) is 4.90 Å². The minimum absolute atomic E-state index is 0.232. The smallest absolute Gasteiger partial charge is 0.344 e. The first-order valence-corrected chi connectivity index (χ1v) is 12.9. The number of carboxylic acid groups (broad SMARTS) is 1. The summed E-state index contributed by atoms with van der Waals surface area (Å²) in [5.74, 6) is 0.481. The maximum atomic E-state index is 12.8. The number of aliphatic carboxylic acids is 1. The normalized spacial score (nSPS) is 16.7. The van der Waals surface area contributed by atoms with Crippen LogP contribution in [0.3, 0.4) is 0 Å². The standard InChI is InChI=1S/C31H35NO4/c1-2-28(31(34)35)36-27-17-9-11-23(21-27)12-10-20-32-22-26(18-19-29(32)33)30(24-13-5-3-6-14-24)25-15-7-4-8-16-25/h3-9,11,13-17,21,26,28,30H,2,10,12,18-20,22H2,1H3,(H,34,35). The van der Waals surface area contributed by atoms with Gasteiger partial charge < -0.3 is 14.7 Å². The van der Waals surface area contributed by atoms with E-state index in [4.69, 9.17) is 4.74 Å². The number of aryl methyl sites for hydroxylation is 1. The zero-order valence-electron chi connectivity index (χ0n) is 20.9. The third-order valence-electron chi connectivity index (χ3n) is 7.04. The lowest BCUT2D eigenvalue weighted by Gasteiger charge is -2.37. The Balaban J connectivity index is 1.40. The minimum atomic E-state index is -0.953. The molecule has 3 aromatic rings. The van der Waals surface area contributed by atoms with Crippen molar-refractivity contribution in [2.75, 3.05) is 13.1 Å². The molecule has 1 fully saturated rings. The molecule has 0 radical (unpaired) electrons. The van der Waals surface area contributed by atoms with Crippen LogP contribution in [0.15, 0.2) is 84.9 Å².